The number of fused-ring (bicyclic) bond motifs is 3. The fraction of sp³-hybridized carbons (Fsp3) is 0.560. The Kier molecular flexibility index (Phi) is 6.22. The summed E-state index contributed by atoms with van der Waals surface area (Å²) < 4.78 is 0. The van der Waals surface area contributed by atoms with Gasteiger partial charge in [0.15, 0.2) is 29.1 Å². The van der Waals surface area contributed by atoms with Crippen molar-refractivity contribution < 1.29 is 29.1 Å². The summed E-state index contributed by atoms with van der Waals surface area (Å²) in [5.74, 6) is -7.78. The zero-order valence-electron chi connectivity index (χ0n) is 18.9. The Balaban J connectivity index is 1.65. The third-order valence-electron chi connectivity index (χ3n) is 7.71. The smallest absolute Gasteiger partial charge is 0.235 e. The molecule has 3 aliphatic rings. The van der Waals surface area contributed by atoms with Gasteiger partial charge >= 0.3 is 0 Å². The number of amides is 1. The van der Waals surface area contributed by atoms with E-state index in [0.29, 0.717) is 25.3 Å². The van der Waals surface area contributed by atoms with Crippen LogP contribution in [0.25, 0.3) is 0 Å². The van der Waals surface area contributed by atoms with Gasteiger partial charge in [-0.2, -0.15) is 0 Å². The lowest BCUT2D eigenvalue weighted by molar-refractivity contribution is -0.152. The molecule has 1 aromatic rings. The minimum Gasteiger partial charge on any atom is -0.507 e. The quantitative estimate of drug-likeness (QED) is 0.550. The standard InChI is InChI=1S/C25H30N2O6/c1-3-11(2)9-27-10-12-4-5-16(28)20-15(12)7-13-6-14-8-17(29)21(25(26)33)24(32)19(14)22(30)18(13)23(20)31/h4-5,11,13-14,18-19,21,27-28H,3,6-10H2,1-2H3,(H2,26,33). The number of aromatic hydroxyl groups is 1. The largest absolute Gasteiger partial charge is 0.507 e. The first-order valence-electron chi connectivity index (χ1n) is 11.6. The molecule has 2 saturated carbocycles. The predicted octanol–water partition coefficient (Wildman–Crippen LogP) is 1.35. The van der Waals surface area contributed by atoms with Crippen molar-refractivity contribution in [2.24, 2.45) is 41.2 Å². The molecular formula is C25H30N2O6. The van der Waals surface area contributed by atoms with E-state index in [1.54, 1.807) is 6.07 Å². The number of Topliss-reactive ketones (excluding diaryl/α,β-unsaturated/α-hetero) is 4. The number of benzene rings is 1. The molecule has 2 fully saturated rings. The number of phenolic OH excluding ortho intramolecular Hbond substituents is 1. The summed E-state index contributed by atoms with van der Waals surface area (Å²) >= 11 is 0. The average Bonchev–Trinajstić information content (AvgIpc) is 2.74. The first-order valence-corrected chi connectivity index (χ1v) is 11.6. The number of rotatable bonds is 6. The summed E-state index contributed by atoms with van der Waals surface area (Å²) in [6.45, 7) is 5.62. The third kappa shape index (κ3) is 3.90. The van der Waals surface area contributed by atoms with Gasteiger partial charge in [0.1, 0.15) is 5.75 Å². The number of nitrogens with two attached hydrogens (primary N) is 1. The summed E-state index contributed by atoms with van der Waals surface area (Å²) in [5, 5.41) is 13.9. The molecule has 0 heterocycles. The van der Waals surface area contributed by atoms with Crippen LogP contribution in [0.3, 0.4) is 0 Å². The van der Waals surface area contributed by atoms with Gasteiger partial charge in [-0.1, -0.05) is 26.3 Å². The molecule has 176 valence electrons. The van der Waals surface area contributed by atoms with Crippen LogP contribution < -0.4 is 11.1 Å². The van der Waals surface area contributed by atoms with Crippen LogP contribution in [0.4, 0.5) is 0 Å². The maximum Gasteiger partial charge on any atom is 0.235 e. The molecule has 0 aromatic heterocycles. The molecule has 0 radical (unpaired) electrons. The Morgan fingerprint density at radius 1 is 1.12 bits per heavy atom. The fourth-order valence-electron chi connectivity index (χ4n) is 5.82. The van der Waals surface area contributed by atoms with E-state index < -0.39 is 52.7 Å². The number of primary amides is 1. The first-order chi connectivity index (χ1) is 15.6. The molecule has 6 unspecified atom stereocenters. The molecule has 4 N–H and O–H groups in total. The molecule has 1 aromatic carbocycles. The molecule has 6 atom stereocenters. The zero-order valence-corrected chi connectivity index (χ0v) is 18.9. The molecule has 8 heteroatoms. The van der Waals surface area contributed by atoms with Crippen LogP contribution in [0.15, 0.2) is 12.1 Å². The SMILES string of the molecule is CCC(C)CNCc1ccc(O)c2c1CC1CC3CC(=O)C(C(N)=O)C(=O)C3C(=O)C1C2=O. The normalized spacial score (nSPS) is 29.8. The van der Waals surface area contributed by atoms with Crippen LogP contribution in [0.1, 0.15) is 54.6 Å². The number of carbonyl (C=O) groups excluding carboxylic acids is 5. The Hall–Kier alpha value is -2.87. The molecule has 33 heavy (non-hydrogen) atoms. The highest BCUT2D eigenvalue weighted by Gasteiger charge is 2.57. The van der Waals surface area contributed by atoms with E-state index >= 15 is 0 Å². The van der Waals surface area contributed by atoms with E-state index in [2.05, 4.69) is 19.2 Å². The van der Waals surface area contributed by atoms with Crippen molar-refractivity contribution in [3.8, 4) is 5.75 Å². The van der Waals surface area contributed by atoms with Gasteiger partial charge in [0, 0.05) is 13.0 Å². The van der Waals surface area contributed by atoms with E-state index in [0.717, 1.165) is 24.1 Å². The molecule has 4 rings (SSSR count). The molecule has 0 spiro atoms. The van der Waals surface area contributed by atoms with Crippen molar-refractivity contribution in [1.82, 2.24) is 5.32 Å². The molecule has 8 nitrogen and oxygen atoms in total. The number of phenols is 1. The second kappa shape index (κ2) is 8.82. The predicted molar refractivity (Wildman–Crippen MR) is 118 cm³/mol. The summed E-state index contributed by atoms with van der Waals surface area (Å²) in [7, 11) is 0. The van der Waals surface area contributed by atoms with E-state index in [4.69, 9.17) is 5.73 Å². The van der Waals surface area contributed by atoms with Gasteiger partial charge in [-0.3, -0.25) is 24.0 Å². The first kappa shape index (κ1) is 23.3. The molecule has 3 aliphatic carbocycles. The van der Waals surface area contributed by atoms with Gasteiger partial charge in [-0.05, 0) is 54.3 Å². The zero-order chi connectivity index (χ0) is 24.0. The number of nitrogens with one attached hydrogen (secondary N) is 1. The van der Waals surface area contributed by atoms with Crippen molar-refractivity contribution in [2.75, 3.05) is 6.54 Å². The topological polar surface area (TPSA) is 144 Å². The second-order valence-corrected chi connectivity index (χ2v) is 9.83. The lowest BCUT2D eigenvalue weighted by Crippen LogP contribution is -2.56. The monoisotopic (exact) mass is 454 g/mol. The van der Waals surface area contributed by atoms with Gasteiger partial charge in [0.25, 0.3) is 0 Å². The number of hydrogen-bond donors (Lipinski definition) is 3. The van der Waals surface area contributed by atoms with Crippen molar-refractivity contribution in [3.05, 3.63) is 28.8 Å². The number of carbonyl (C=O) groups is 5. The van der Waals surface area contributed by atoms with Crippen molar-refractivity contribution in [2.45, 2.75) is 46.1 Å². The van der Waals surface area contributed by atoms with Crippen LogP contribution in [-0.2, 0) is 32.1 Å². The summed E-state index contributed by atoms with van der Waals surface area (Å²) in [6, 6.07) is 3.27. The van der Waals surface area contributed by atoms with Gasteiger partial charge < -0.3 is 16.2 Å². The second-order valence-electron chi connectivity index (χ2n) is 9.83. The van der Waals surface area contributed by atoms with Crippen LogP contribution >= 0.6 is 0 Å². The van der Waals surface area contributed by atoms with E-state index in [-0.39, 0.29) is 23.7 Å². The van der Waals surface area contributed by atoms with Gasteiger partial charge in [0.05, 0.1) is 17.4 Å². The lowest BCUT2D eigenvalue weighted by Gasteiger charge is -2.44. The summed E-state index contributed by atoms with van der Waals surface area (Å²) in [6.07, 6.45) is 1.76. The summed E-state index contributed by atoms with van der Waals surface area (Å²) in [5.41, 5.74) is 7.02. The highest BCUT2D eigenvalue weighted by atomic mass is 16.3. The average molecular weight is 455 g/mol. The van der Waals surface area contributed by atoms with Crippen molar-refractivity contribution in [3.63, 3.8) is 0 Å². The molecule has 0 bridgehead atoms. The minimum absolute atomic E-state index is 0.0661. The Morgan fingerprint density at radius 3 is 2.48 bits per heavy atom. The lowest BCUT2D eigenvalue weighted by atomic mass is 9.56. The minimum atomic E-state index is -1.62. The van der Waals surface area contributed by atoms with Crippen molar-refractivity contribution >= 4 is 29.0 Å². The fourth-order valence-corrected chi connectivity index (χ4v) is 5.82. The van der Waals surface area contributed by atoms with Crippen LogP contribution in [-0.4, -0.2) is 40.7 Å². The van der Waals surface area contributed by atoms with Crippen molar-refractivity contribution in [1.29, 1.82) is 0 Å². The molecule has 1 amide bonds. The van der Waals surface area contributed by atoms with E-state index in [1.165, 1.54) is 6.07 Å². The van der Waals surface area contributed by atoms with Gasteiger partial charge in [0.2, 0.25) is 5.91 Å². The van der Waals surface area contributed by atoms with E-state index in [1.807, 2.05) is 0 Å². The number of hydrogen-bond acceptors (Lipinski definition) is 7. The van der Waals surface area contributed by atoms with Gasteiger partial charge in [-0.15, -0.1) is 0 Å². The van der Waals surface area contributed by atoms with Crippen LogP contribution in [0.2, 0.25) is 0 Å². The molecule has 0 aliphatic heterocycles. The molecular weight excluding hydrogens is 424 g/mol. The number of ketones is 4. The highest BCUT2D eigenvalue weighted by molar-refractivity contribution is 6.27. The molecule has 0 saturated heterocycles. The Labute approximate surface area is 192 Å². The van der Waals surface area contributed by atoms with E-state index in [9.17, 15) is 29.1 Å². The van der Waals surface area contributed by atoms with Gasteiger partial charge in [-0.25, -0.2) is 0 Å². The maximum absolute atomic E-state index is 13.5. The highest BCUT2D eigenvalue weighted by Crippen LogP contribution is 2.48. The maximum atomic E-state index is 13.5. The Morgan fingerprint density at radius 2 is 1.82 bits per heavy atom. The van der Waals surface area contributed by atoms with Crippen LogP contribution in [0, 0.1) is 35.5 Å². The Bertz CT molecular complexity index is 1050. The summed E-state index contributed by atoms with van der Waals surface area (Å²) in [4.78, 5) is 63.7. The van der Waals surface area contributed by atoms with Crippen LogP contribution in [0.5, 0.6) is 5.75 Å². The third-order valence-corrected chi connectivity index (χ3v) is 7.71.